The molecule has 0 aliphatic carbocycles. The molecule has 1 heterocycles. The second kappa shape index (κ2) is 7.96. The molecular weight excluding hydrogens is 344 g/mol. The minimum absolute atomic E-state index is 0.0255. The summed E-state index contributed by atoms with van der Waals surface area (Å²) in [7, 11) is 0. The van der Waals surface area contributed by atoms with Crippen molar-refractivity contribution in [1.29, 1.82) is 0 Å². The van der Waals surface area contributed by atoms with Crippen LogP contribution in [0.3, 0.4) is 0 Å². The fourth-order valence-corrected chi connectivity index (χ4v) is 4.42. The smallest absolute Gasteiger partial charge is 0.255 e. The van der Waals surface area contributed by atoms with Crippen molar-refractivity contribution >= 4 is 29.3 Å². The van der Waals surface area contributed by atoms with Crippen LogP contribution in [0.2, 0.25) is 0 Å². The molecule has 1 fully saturated rings. The van der Waals surface area contributed by atoms with Crippen molar-refractivity contribution in [2.24, 2.45) is 0 Å². The lowest BCUT2D eigenvalue weighted by atomic mass is 10.1. The first-order valence-corrected chi connectivity index (χ1v) is 9.93. The number of anilines is 1. The van der Waals surface area contributed by atoms with E-state index in [1.165, 1.54) is 0 Å². The molecule has 1 aliphatic heterocycles. The quantitative estimate of drug-likeness (QED) is 0.878. The number of benzene rings is 2. The Kier molecular flexibility index (Phi) is 5.67. The molecule has 2 unspecified atom stereocenters. The largest absolute Gasteiger partial charge is 0.324 e. The lowest BCUT2D eigenvalue weighted by Gasteiger charge is -2.28. The van der Waals surface area contributed by atoms with Gasteiger partial charge in [0, 0.05) is 17.0 Å². The molecule has 2 aromatic rings. The molecule has 1 saturated heterocycles. The van der Waals surface area contributed by atoms with Gasteiger partial charge in [0.15, 0.2) is 0 Å². The summed E-state index contributed by atoms with van der Waals surface area (Å²) >= 11 is 1.67. The molecule has 26 heavy (non-hydrogen) atoms. The molecule has 1 N–H and O–H groups in total. The van der Waals surface area contributed by atoms with Crippen LogP contribution >= 0.6 is 11.8 Å². The van der Waals surface area contributed by atoms with E-state index in [4.69, 9.17) is 0 Å². The molecule has 4 nitrogen and oxygen atoms in total. The number of thioether (sulfide) groups is 1. The van der Waals surface area contributed by atoms with Gasteiger partial charge in [-0.15, -0.1) is 11.8 Å². The predicted octanol–water partition coefficient (Wildman–Crippen LogP) is 4.24. The van der Waals surface area contributed by atoms with E-state index in [-0.39, 0.29) is 17.2 Å². The SMILES string of the molecule is CCC1SCC(C(=O)Nc2ccc(C)cc2)N1C(=O)c1ccc(C)cc1. The van der Waals surface area contributed by atoms with Gasteiger partial charge in [-0.25, -0.2) is 0 Å². The molecule has 136 valence electrons. The van der Waals surface area contributed by atoms with Gasteiger partial charge in [-0.05, 0) is 44.5 Å². The minimum Gasteiger partial charge on any atom is -0.324 e. The number of carbonyl (C=O) groups excluding carboxylic acids is 2. The van der Waals surface area contributed by atoms with Gasteiger partial charge < -0.3 is 10.2 Å². The Morgan fingerprint density at radius 1 is 1.04 bits per heavy atom. The van der Waals surface area contributed by atoms with Gasteiger partial charge in [-0.3, -0.25) is 9.59 Å². The minimum atomic E-state index is -0.458. The van der Waals surface area contributed by atoms with E-state index < -0.39 is 6.04 Å². The molecule has 0 aromatic heterocycles. The maximum atomic E-state index is 13.1. The van der Waals surface area contributed by atoms with Gasteiger partial charge in [0.1, 0.15) is 6.04 Å². The number of carbonyl (C=O) groups is 2. The van der Waals surface area contributed by atoms with Crippen molar-refractivity contribution in [3.05, 3.63) is 65.2 Å². The van der Waals surface area contributed by atoms with Crippen molar-refractivity contribution in [1.82, 2.24) is 4.90 Å². The molecule has 5 heteroatoms. The van der Waals surface area contributed by atoms with Crippen molar-refractivity contribution < 1.29 is 9.59 Å². The average molecular weight is 369 g/mol. The first kappa shape index (κ1) is 18.5. The van der Waals surface area contributed by atoms with Crippen molar-refractivity contribution in [2.45, 2.75) is 38.6 Å². The molecule has 2 aromatic carbocycles. The summed E-state index contributed by atoms with van der Waals surface area (Å²) in [6, 6.07) is 14.8. The predicted molar refractivity (Wildman–Crippen MR) is 107 cm³/mol. The molecule has 0 bridgehead atoms. The summed E-state index contributed by atoms with van der Waals surface area (Å²) < 4.78 is 0. The van der Waals surface area contributed by atoms with E-state index in [1.54, 1.807) is 16.7 Å². The Morgan fingerprint density at radius 2 is 1.62 bits per heavy atom. The van der Waals surface area contributed by atoms with Gasteiger partial charge in [0.25, 0.3) is 5.91 Å². The third-order valence-electron chi connectivity index (χ3n) is 4.60. The molecule has 0 radical (unpaired) electrons. The highest BCUT2D eigenvalue weighted by Crippen LogP contribution is 2.33. The Hall–Kier alpha value is -2.27. The van der Waals surface area contributed by atoms with E-state index in [2.05, 4.69) is 5.32 Å². The molecule has 2 atom stereocenters. The van der Waals surface area contributed by atoms with Crippen LogP contribution in [0.25, 0.3) is 0 Å². The summed E-state index contributed by atoms with van der Waals surface area (Å²) in [6.45, 7) is 6.05. The highest BCUT2D eigenvalue weighted by atomic mass is 32.2. The van der Waals surface area contributed by atoms with Crippen LogP contribution in [0.4, 0.5) is 5.69 Å². The van der Waals surface area contributed by atoms with Crippen LogP contribution < -0.4 is 5.32 Å². The third-order valence-corrected chi connectivity index (χ3v) is 6.05. The standard InChI is InChI=1S/C21H24N2O2S/c1-4-19-23(21(25)16-9-5-14(2)6-10-16)18(13-26-19)20(24)22-17-11-7-15(3)8-12-17/h5-12,18-19H,4,13H2,1-3H3,(H,22,24). The van der Waals surface area contributed by atoms with Crippen molar-refractivity contribution in [3.8, 4) is 0 Å². The number of aryl methyl sites for hydroxylation is 2. The number of hydrogen-bond donors (Lipinski definition) is 1. The third kappa shape index (κ3) is 3.93. The normalized spacial score (nSPS) is 19.4. The van der Waals surface area contributed by atoms with E-state index >= 15 is 0 Å². The number of rotatable bonds is 4. The average Bonchev–Trinajstić information content (AvgIpc) is 3.08. The summed E-state index contributed by atoms with van der Waals surface area (Å²) in [4.78, 5) is 27.7. The zero-order valence-electron chi connectivity index (χ0n) is 15.4. The lowest BCUT2D eigenvalue weighted by Crippen LogP contribution is -2.47. The van der Waals surface area contributed by atoms with E-state index in [0.717, 1.165) is 23.2 Å². The maximum absolute atomic E-state index is 13.1. The molecule has 2 amide bonds. The maximum Gasteiger partial charge on any atom is 0.255 e. The van der Waals surface area contributed by atoms with Crippen LogP contribution in [-0.2, 0) is 4.79 Å². The first-order valence-electron chi connectivity index (χ1n) is 8.88. The van der Waals surface area contributed by atoms with Crippen LogP contribution in [0.1, 0.15) is 34.8 Å². The molecular formula is C21H24N2O2S. The summed E-state index contributed by atoms with van der Waals surface area (Å²) in [6.07, 6.45) is 0.816. The highest BCUT2D eigenvalue weighted by Gasteiger charge is 2.41. The molecule has 0 spiro atoms. The zero-order valence-corrected chi connectivity index (χ0v) is 16.2. The topological polar surface area (TPSA) is 49.4 Å². The fraction of sp³-hybridized carbons (Fsp3) is 0.333. The van der Waals surface area contributed by atoms with Gasteiger partial charge in [0.2, 0.25) is 5.91 Å². The molecule has 1 aliphatic rings. The first-order chi connectivity index (χ1) is 12.5. The lowest BCUT2D eigenvalue weighted by molar-refractivity contribution is -0.119. The van der Waals surface area contributed by atoms with Gasteiger partial charge in [-0.1, -0.05) is 42.3 Å². The molecule has 0 saturated carbocycles. The zero-order chi connectivity index (χ0) is 18.7. The molecule has 3 rings (SSSR count). The fourth-order valence-electron chi connectivity index (χ4n) is 3.06. The Bertz CT molecular complexity index is 787. The van der Waals surface area contributed by atoms with Gasteiger partial charge >= 0.3 is 0 Å². The summed E-state index contributed by atoms with van der Waals surface area (Å²) in [5.74, 6) is 0.414. The Labute approximate surface area is 159 Å². The van der Waals surface area contributed by atoms with E-state index in [0.29, 0.717) is 11.3 Å². The van der Waals surface area contributed by atoms with Crippen LogP contribution in [0, 0.1) is 13.8 Å². The second-order valence-electron chi connectivity index (χ2n) is 6.65. The van der Waals surface area contributed by atoms with Crippen LogP contribution in [0.5, 0.6) is 0 Å². The van der Waals surface area contributed by atoms with Crippen LogP contribution in [-0.4, -0.2) is 33.9 Å². The number of hydrogen-bond acceptors (Lipinski definition) is 3. The van der Waals surface area contributed by atoms with Gasteiger partial charge in [0.05, 0.1) is 5.37 Å². The Balaban J connectivity index is 1.80. The summed E-state index contributed by atoms with van der Waals surface area (Å²) in [5, 5.41) is 2.98. The highest BCUT2D eigenvalue weighted by molar-refractivity contribution is 8.00. The number of nitrogens with zero attached hydrogens (tertiary/aromatic N) is 1. The number of nitrogens with one attached hydrogen (secondary N) is 1. The van der Waals surface area contributed by atoms with E-state index in [1.807, 2.05) is 69.3 Å². The second-order valence-corrected chi connectivity index (χ2v) is 7.86. The van der Waals surface area contributed by atoms with Crippen molar-refractivity contribution in [3.63, 3.8) is 0 Å². The van der Waals surface area contributed by atoms with E-state index in [9.17, 15) is 9.59 Å². The summed E-state index contributed by atoms with van der Waals surface area (Å²) in [5.41, 5.74) is 3.64. The van der Waals surface area contributed by atoms with Crippen molar-refractivity contribution in [2.75, 3.05) is 11.1 Å². The monoisotopic (exact) mass is 368 g/mol. The number of amides is 2. The Morgan fingerprint density at radius 3 is 2.19 bits per heavy atom. The van der Waals surface area contributed by atoms with Gasteiger partial charge in [-0.2, -0.15) is 0 Å². The van der Waals surface area contributed by atoms with Crippen LogP contribution in [0.15, 0.2) is 48.5 Å².